The predicted molar refractivity (Wildman–Crippen MR) is 81.9 cm³/mol. The van der Waals surface area contributed by atoms with Crippen LogP contribution in [-0.2, 0) is 17.6 Å². The fourth-order valence-corrected chi connectivity index (χ4v) is 3.37. The van der Waals surface area contributed by atoms with Gasteiger partial charge in [-0.05, 0) is 46.0 Å². The average molecular weight is 311 g/mol. The van der Waals surface area contributed by atoms with Crippen molar-refractivity contribution in [1.29, 1.82) is 0 Å². The van der Waals surface area contributed by atoms with Gasteiger partial charge in [0, 0.05) is 16.8 Å². The third-order valence-electron chi connectivity index (χ3n) is 3.48. The van der Waals surface area contributed by atoms with Gasteiger partial charge in [0.1, 0.15) is 0 Å². The van der Waals surface area contributed by atoms with E-state index in [0.29, 0.717) is 11.6 Å². The lowest BCUT2D eigenvalue weighted by Gasteiger charge is -2.25. The summed E-state index contributed by atoms with van der Waals surface area (Å²) in [4.78, 5) is 28.3. The van der Waals surface area contributed by atoms with E-state index in [1.807, 2.05) is 13.8 Å². The molecule has 1 aliphatic rings. The fraction of sp³-hybridized carbons (Fsp3) is 0.643. The maximum Gasteiger partial charge on any atom is 0.321 e. The summed E-state index contributed by atoms with van der Waals surface area (Å²) in [6.45, 7) is 3.62. The van der Waals surface area contributed by atoms with Crippen molar-refractivity contribution in [2.24, 2.45) is 0 Å². The van der Waals surface area contributed by atoms with Crippen LogP contribution in [0.1, 0.15) is 50.1 Å². The second-order valence-electron chi connectivity index (χ2n) is 5.95. The summed E-state index contributed by atoms with van der Waals surface area (Å²) in [5.41, 5.74) is 0.533. The summed E-state index contributed by atoms with van der Waals surface area (Å²) in [5.74, 6) is -0.863. The van der Waals surface area contributed by atoms with E-state index in [9.17, 15) is 9.59 Å². The summed E-state index contributed by atoms with van der Waals surface area (Å²) >= 11 is 1.53. The molecule has 2 rings (SSSR count). The van der Waals surface area contributed by atoms with Crippen molar-refractivity contribution in [2.75, 3.05) is 5.32 Å². The highest BCUT2D eigenvalue weighted by Gasteiger charge is 2.22. The molecule has 0 atom stereocenters. The number of anilines is 1. The third kappa shape index (κ3) is 4.70. The van der Waals surface area contributed by atoms with E-state index in [4.69, 9.17) is 5.11 Å². The lowest BCUT2D eigenvalue weighted by molar-refractivity contribution is -0.137. The summed E-state index contributed by atoms with van der Waals surface area (Å²) in [6, 6.07) is -0.337. The van der Waals surface area contributed by atoms with Crippen LogP contribution in [0.25, 0.3) is 0 Å². The van der Waals surface area contributed by atoms with Gasteiger partial charge in [0.15, 0.2) is 5.13 Å². The van der Waals surface area contributed by atoms with Gasteiger partial charge in [-0.2, -0.15) is 0 Å². The lowest BCUT2D eigenvalue weighted by atomic mass is 9.99. The first-order valence-electron chi connectivity index (χ1n) is 7.15. The van der Waals surface area contributed by atoms with Crippen LogP contribution in [0.5, 0.6) is 0 Å². The first-order chi connectivity index (χ1) is 9.85. The number of aryl methyl sites for hydroxylation is 2. The highest BCUT2D eigenvalue weighted by Crippen LogP contribution is 2.29. The topological polar surface area (TPSA) is 91.3 Å². The molecule has 1 aliphatic carbocycles. The van der Waals surface area contributed by atoms with Gasteiger partial charge in [-0.1, -0.05) is 0 Å². The van der Waals surface area contributed by atoms with Gasteiger partial charge >= 0.3 is 12.0 Å². The number of fused-ring (bicyclic) bond motifs is 1. The second-order valence-corrected chi connectivity index (χ2v) is 7.04. The molecule has 21 heavy (non-hydrogen) atoms. The van der Waals surface area contributed by atoms with Crippen LogP contribution < -0.4 is 10.6 Å². The lowest BCUT2D eigenvalue weighted by Crippen LogP contribution is -2.45. The number of carboxylic acid groups (broad SMARTS) is 1. The quantitative estimate of drug-likeness (QED) is 0.779. The van der Waals surface area contributed by atoms with Crippen LogP contribution in [0.3, 0.4) is 0 Å². The molecule has 1 aromatic heterocycles. The molecule has 0 radical (unpaired) electrons. The van der Waals surface area contributed by atoms with E-state index >= 15 is 0 Å². The van der Waals surface area contributed by atoms with Gasteiger partial charge in [0.25, 0.3) is 0 Å². The number of rotatable bonds is 5. The van der Waals surface area contributed by atoms with E-state index in [1.54, 1.807) is 0 Å². The number of nitrogens with zero attached hydrogens (tertiary/aromatic N) is 1. The van der Waals surface area contributed by atoms with Gasteiger partial charge in [-0.15, -0.1) is 11.3 Å². The Bertz CT molecular complexity index is 516. The third-order valence-corrected chi connectivity index (χ3v) is 4.55. The standard InChI is InChI=1S/C14H21N3O3S/c1-14(2,8-7-11(18)19)17-12(20)16-13-15-9-5-3-4-6-10(9)21-13/h3-8H2,1-2H3,(H,18,19)(H2,15,16,17,20). The maximum atomic E-state index is 12.0. The van der Waals surface area contributed by atoms with Crippen molar-refractivity contribution in [3.8, 4) is 0 Å². The minimum absolute atomic E-state index is 0.0266. The Hall–Kier alpha value is -1.63. The predicted octanol–water partition coefficient (Wildman–Crippen LogP) is 2.79. The SMILES string of the molecule is CC(C)(CCC(=O)O)NC(=O)Nc1nc2c(s1)CCCC2. The zero-order valence-electron chi connectivity index (χ0n) is 12.4. The molecule has 0 aromatic carbocycles. The van der Waals surface area contributed by atoms with E-state index in [1.165, 1.54) is 22.6 Å². The Morgan fingerprint density at radius 3 is 2.71 bits per heavy atom. The molecule has 0 fully saturated rings. The van der Waals surface area contributed by atoms with Crippen LogP contribution in [0.15, 0.2) is 0 Å². The van der Waals surface area contributed by atoms with Crippen molar-refractivity contribution in [3.63, 3.8) is 0 Å². The smallest absolute Gasteiger partial charge is 0.321 e. The van der Waals surface area contributed by atoms with Gasteiger partial charge in [-0.3, -0.25) is 10.1 Å². The molecule has 6 nitrogen and oxygen atoms in total. The number of nitrogens with one attached hydrogen (secondary N) is 2. The molecule has 3 N–H and O–H groups in total. The fourth-order valence-electron chi connectivity index (χ4n) is 2.32. The maximum absolute atomic E-state index is 12.0. The van der Waals surface area contributed by atoms with Gasteiger partial charge in [0.05, 0.1) is 5.69 Å². The molecule has 0 bridgehead atoms. The van der Waals surface area contributed by atoms with Crippen molar-refractivity contribution < 1.29 is 14.7 Å². The highest BCUT2D eigenvalue weighted by atomic mass is 32.1. The Kier molecular flexibility index (Phi) is 4.82. The summed E-state index contributed by atoms with van der Waals surface area (Å²) in [6.07, 6.45) is 4.77. The molecular formula is C14H21N3O3S. The zero-order valence-corrected chi connectivity index (χ0v) is 13.2. The number of thiazole rings is 1. The number of urea groups is 1. The molecule has 0 spiro atoms. The van der Waals surface area contributed by atoms with Crippen molar-refractivity contribution in [3.05, 3.63) is 10.6 Å². The highest BCUT2D eigenvalue weighted by molar-refractivity contribution is 7.15. The van der Waals surface area contributed by atoms with Gasteiger partial charge < -0.3 is 10.4 Å². The van der Waals surface area contributed by atoms with Crippen LogP contribution in [0.2, 0.25) is 0 Å². The number of aliphatic carboxylic acids is 1. The Balaban J connectivity index is 1.89. The van der Waals surface area contributed by atoms with Gasteiger partial charge in [0.2, 0.25) is 0 Å². The number of carbonyl (C=O) groups is 2. The summed E-state index contributed by atoms with van der Waals surface area (Å²) in [5, 5.41) is 14.9. The number of hydrogen-bond donors (Lipinski definition) is 3. The normalized spacial score (nSPS) is 14.4. The first kappa shape index (κ1) is 15.8. The molecule has 0 saturated carbocycles. The summed E-state index contributed by atoms with van der Waals surface area (Å²) in [7, 11) is 0. The van der Waals surface area contributed by atoms with Crippen molar-refractivity contribution in [1.82, 2.24) is 10.3 Å². The van der Waals surface area contributed by atoms with E-state index in [-0.39, 0.29) is 12.5 Å². The van der Waals surface area contributed by atoms with E-state index in [2.05, 4.69) is 15.6 Å². The molecule has 116 valence electrons. The summed E-state index contributed by atoms with van der Waals surface area (Å²) < 4.78 is 0. The monoisotopic (exact) mass is 311 g/mol. The second kappa shape index (κ2) is 6.43. The largest absolute Gasteiger partial charge is 0.481 e. The Morgan fingerprint density at radius 1 is 1.33 bits per heavy atom. The number of carboxylic acids is 1. The molecule has 1 aromatic rings. The van der Waals surface area contributed by atoms with Crippen LogP contribution in [0.4, 0.5) is 9.93 Å². The molecule has 0 unspecified atom stereocenters. The van der Waals surface area contributed by atoms with Gasteiger partial charge in [-0.25, -0.2) is 9.78 Å². The average Bonchev–Trinajstić information content (AvgIpc) is 2.77. The minimum Gasteiger partial charge on any atom is -0.481 e. The molecular weight excluding hydrogens is 290 g/mol. The van der Waals surface area contributed by atoms with Crippen LogP contribution >= 0.6 is 11.3 Å². The first-order valence-corrected chi connectivity index (χ1v) is 7.97. The molecule has 7 heteroatoms. The van der Waals surface area contributed by atoms with Crippen molar-refractivity contribution >= 4 is 28.5 Å². The number of aromatic nitrogens is 1. The number of carbonyl (C=O) groups excluding carboxylic acids is 1. The van der Waals surface area contributed by atoms with E-state index in [0.717, 1.165) is 25.0 Å². The molecule has 2 amide bonds. The molecule has 1 heterocycles. The van der Waals surface area contributed by atoms with E-state index < -0.39 is 11.5 Å². The molecule has 0 saturated heterocycles. The van der Waals surface area contributed by atoms with Crippen molar-refractivity contribution in [2.45, 2.75) is 57.9 Å². The molecule has 0 aliphatic heterocycles. The number of hydrogen-bond acceptors (Lipinski definition) is 4. The Labute approximate surface area is 128 Å². The Morgan fingerprint density at radius 2 is 2.05 bits per heavy atom. The zero-order chi connectivity index (χ0) is 15.5. The minimum atomic E-state index is -0.863. The van der Waals surface area contributed by atoms with Crippen LogP contribution in [-0.4, -0.2) is 27.6 Å². The number of amides is 2. The van der Waals surface area contributed by atoms with Crippen LogP contribution in [0, 0.1) is 0 Å².